The molecule has 8 heavy (non-hydrogen) atoms. The molecule has 0 fully saturated rings. The first-order valence-corrected chi connectivity index (χ1v) is 3.26. The van der Waals surface area contributed by atoms with Crippen LogP contribution in [0.25, 0.3) is 0 Å². The molecule has 0 aliphatic carbocycles. The van der Waals surface area contributed by atoms with Gasteiger partial charge in [-0.3, -0.25) is 5.73 Å². The summed E-state index contributed by atoms with van der Waals surface area (Å²) in [6, 6.07) is 0. The predicted octanol–water partition coefficient (Wildman–Crippen LogP) is 0.761. The Hall–Kier alpha value is -0.570. The van der Waals surface area contributed by atoms with Gasteiger partial charge in [0.15, 0.2) is 0 Å². The van der Waals surface area contributed by atoms with Crippen molar-refractivity contribution in [2.45, 2.75) is 13.8 Å². The highest BCUT2D eigenvalue weighted by atomic mass is 32.1. The third kappa shape index (κ3) is 0.816. The van der Waals surface area contributed by atoms with Gasteiger partial charge in [0.05, 0.1) is 4.88 Å². The molecule has 1 aromatic rings. The van der Waals surface area contributed by atoms with Crippen LogP contribution in [0, 0.1) is 13.8 Å². The minimum atomic E-state index is 0.792. The summed E-state index contributed by atoms with van der Waals surface area (Å²) in [4.78, 5) is 4.27. The molecule has 2 nitrogen and oxygen atoms in total. The van der Waals surface area contributed by atoms with E-state index in [2.05, 4.69) is 4.98 Å². The van der Waals surface area contributed by atoms with Gasteiger partial charge in [-0.2, -0.15) is 0 Å². The molecule has 0 saturated heterocycles. The molecule has 0 saturated carbocycles. The van der Waals surface area contributed by atoms with Crippen LogP contribution >= 0.6 is 11.3 Å². The molecule has 1 heterocycles. The van der Waals surface area contributed by atoms with Gasteiger partial charge in [-0.25, -0.2) is 4.98 Å². The maximum atomic E-state index is 5.44. The Bertz CT molecular complexity index is 173. The highest BCUT2D eigenvalue weighted by Gasteiger charge is 2.01. The number of hydrogen-bond acceptors (Lipinski definition) is 2. The van der Waals surface area contributed by atoms with E-state index >= 15 is 0 Å². The number of nitrogens with one attached hydrogen (secondary N) is 1. The van der Waals surface area contributed by atoms with Crippen LogP contribution in [-0.4, -0.2) is 0 Å². The monoisotopic (exact) mass is 129 g/mol. The highest BCUT2D eigenvalue weighted by Crippen LogP contribution is 2.12. The van der Waals surface area contributed by atoms with Gasteiger partial charge >= 0.3 is 5.13 Å². The molecule has 0 spiro atoms. The molecule has 0 aromatic carbocycles. The molecule has 0 aliphatic rings. The second-order valence-electron chi connectivity index (χ2n) is 1.77. The van der Waals surface area contributed by atoms with Gasteiger partial charge in [0.25, 0.3) is 0 Å². The fourth-order valence-electron chi connectivity index (χ4n) is 0.540. The molecule has 0 radical (unpaired) electrons. The fraction of sp³-hybridized carbons (Fsp3) is 0.400. The standard InChI is InChI=1S/C5H8N2S/c1-3-4(2)8-5(6)7-3/h1-2H3,(H2,6,7)/p+1. The van der Waals surface area contributed by atoms with Crippen molar-refractivity contribution in [3.63, 3.8) is 0 Å². The first-order chi connectivity index (χ1) is 3.70. The second-order valence-corrected chi connectivity index (χ2v) is 3.03. The topological polar surface area (TPSA) is 40.2 Å². The smallest absolute Gasteiger partial charge is 0.278 e. The Kier molecular flexibility index (Phi) is 1.21. The first-order valence-electron chi connectivity index (χ1n) is 2.45. The number of nitrogen functional groups attached to an aromatic ring is 1. The van der Waals surface area contributed by atoms with Gasteiger partial charge < -0.3 is 0 Å². The summed E-state index contributed by atoms with van der Waals surface area (Å²) in [5.74, 6) is 0. The number of anilines is 1. The number of aromatic nitrogens is 1. The van der Waals surface area contributed by atoms with Crippen molar-refractivity contribution in [2.75, 3.05) is 5.73 Å². The second kappa shape index (κ2) is 1.74. The van der Waals surface area contributed by atoms with E-state index in [9.17, 15) is 0 Å². The molecular formula is C5H9N2S+. The lowest BCUT2D eigenvalue weighted by molar-refractivity contribution is -0.364. The van der Waals surface area contributed by atoms with Gasteiger partial charge in [-0.1, -0.05) is 11.3 Å². The average molecular weight is 129 g/mol. The number of nitrogens with two attached hydrogens (primary N) is 1. The number of rotatable bonds is 0. The normalized spacial score (nSPS) is 9.75. The summed E-state index contributed by atoms with van der Waals surface area (Å²) in [5.41, 5.74) is 6.62. The molecule has 1 aromatic heterocycles. The summed E-state index contributed by atoms with van der Waals surface area (Å²) in [6.07, 6.45) is 0. The highest BCUT2D eigenvalue weighted by molar-refractivity contribution is 7.14. The van der Waals surface area contributed by atoms with Crippen LogP contribution in [0.1, 0.15) is 10.6 Å². The largest absolute Gasteiger partial charge is 0.329 e. The van der Waals surface area contributed by atoms with E-state index in [1.807, 2.05) is 13.8 Å². The Labute approximate surface area is 52.4 Å². The van der Waals surface area contributed by atoms with E-state index in [4.69, 9.17) is 5.73 Å². The Morgan fingerprint density at radius 2 is 2.12 bits per heavy atom. The first kappa shape index (κ1) is 5.56. The van der Waals surface area contributed by atoms with Crippen molar-refractivity contribution in [1.29, 1.82) is 0 Å². The van der Waals surface area contributed by atoms with Crippen molar-refractivity contribution >= 4 is 16.5 Å². The Morgan fingerprint density at radius 1 is 1.50 bits per heavy atom. The van der Waals surface area contributed by atoms with E-state index in [0.717, 1.165) is 5.13 Å². The molecular weight excluding hydrogens is 120 g/mol. The van der Waals surface area contributed by atoms with Gasteiger partial charge in [0, 0.05) is 0 Å². The van der Waals surface area contributed by atoms with Gasteiger partial charge in [0.2, 0.25) is 0 Å². The van der Waals surface area contributed by atoms with Crippen LogP contribution in [0.4, 0.5) is 5.13 Å². The van der Waals surface area contributed by atoms with E-state index in [1.165, 1.54) is 10.6 Å². The lowest BCUT2D eigenvalue weighted by Gasteiger charge is -1.74. The third-order valence-electron chi connectivity index (χ3n) is 1.10. The van der Waals surface area contributed by atoms with E-state index in [-0.39, 0.29) is 0 Å². The van der Waals surface area contributed by atoms with Gasteiger partial charge in [0.1, 0.15) is 5.69 Å². The molecule has 3 heteroatoms. The maximum absolute atomic E-state index is 5.44. The van der Waals surface area contributed by atoms with Crippen molar-refractivity contribution in [3.05, 3.63) is 10.6 Å². The minimum absolute atomic E-state index is 0.792. The summed E-state index contributed by atoms with van der Waals surface area (Å²) < 4.78 is 0. The maximum Gasteiger partial charge on any atom is 0.329 e. The molecule has 44 valence electrons. The van der Waals surface area contributed by atoms with Crippen molar-refractivity contribution < 1.29 is 4.98 Å². The lowest BCUT2D eigenvalue weighted by atomic mass is 10.4. The van der Waals surface area contributed by atoms with E-state index in [1.54, 1.807) is 11.3 Å². The summed E-state index contributed by atoms with van der Waals surface area (Å²) in [6.45, 7) is 4.06. The van der Waals surface area contributed by atoms with Crippen molar-refractivity contribution in [1.82, 2.24) is 0 Å². The minimum Gasteiger partial charge on any atom is -0.278 e. The third-order valence-corrected chi connectivity index (χ3v) is 2.04. The number of H-pyrrole nitrogens is 1. The van der Waals surface area contributed by atoms with Gasteiger partial charge in [-0.05, 0) is 13.8 Å². The zero-order valence-electron chi connectivity index (χ0n) is 4.99. The summed E-state index contributed by atoms with van der Waals surface area (Å²) in [5, 5.41) is 0.792. The van der Waals surface area contributed by atoms with E-state index in [0.29, 0.717) is 0 Å². The average Bonchev–Trinajstić information content (AvgIpc) is 1.85. The molecule has 0 amide bonds. The van der Waals surface area contributed by atoms with Crippen LogP contribution in [0.5, 0.6) is 0 Å². The zero-order chi connectivity index (χ0) is 6.15. The van der Waals surface area contributed by atoms with Crippen molar-refractivity contribution in [3.8, 4) is 0 Å². The molecule has 0 aliphatic heterocycles. The predicted molar refractivity (Wildman–Crippen MR) is 34.8 cm³/mol. The van der Waals surface area contributed by atoms with Crippen LogP contribution in [0.2, 0.25) is 0 Å². The Morgan fingerprint density at radius 3 is 2.25 bits per heavy atom. The fourth-order valence-corrected chi connectivity index (χ4v) is 1.28. The van der Waals surface area contributed by atoms with Crippen LogP contribution in [0.15, 0.2) is 0 Å². The quantitative estimate of drug-likeness (QED) is 0.552. The number of thiazole rings is 1. The molecule has 3 N–H and O–H groups in total. The molecule has 1 rings (SSSR count). The number of hydrogen-bond donors (Lipinski definition) is 1. The lowest BCUT2D eigenvalue weighted by Crippen LogP contribution is -2.06. The zero-order valence-corrected chi connectivity index (χ0v) is 5.80. The molecule has 0 unspecified atom stereocenters. The van der Waals surface area contributed by atoms with Crippen LogP contribution in [0.3, 0.4) is 0 Å². The van der Waals surface area contributed by atoms with E-state index < -0.39 is 0 Å². The summed E-state index contributed by atoms with van der Waals surface area (Å²) >= 11 is 1.59. The number of aromatic amines is 1. The molecule has 0 atom stereocenters. The van der Waals surface area contributed by atoms with Crippen molar-refractivity contribution in [2.24, 2.45) is 0 Å². The molecule has 0 bridgehead atoms. The Balaban J connectivity index is 3.14. The van der Waals surface area contributed by atoms with Crippen LogP contribution in [-0.2, 0) is 0 Å². The SMILES string of the molecule is Cc1[nH+]c(N)sc1C. The van der Waals surface area contributed by atoms with Crippen LogP contribution < -0.4 is 10.7 Å². The van der Waals surface area contributed by atoms with Gasteiger partial charge in [-0.15, -0.1) is 0 Å². The number of aryl methyl sites for hydroxylation is 2. The summed E-state index contributed by atoms with van der Waals surface area (Å²) in [7, 11) is 0.